The van der Waals surface area contributed by atoms with Gasteiger partial charge in [-0.2, -0.15) is 0 Å². The molecule has 4 rings (SSSR count). The molecule has 23 heavy (non-hydrogen) atoms. The van der Waals surface area contributed by atoms with Gasteiger partial charge >= 0.3 is 0 Å². The second-order valence-corrected chi connectivity index (χ2v) is 6.53. The molecule has 2 aromatic carbocycles. The van der Waals surface area contributed by atoms with Crippen molar-refractivity contribution in [2.24, 2.45) is 0 Å². The number of benzene rings is 2. The number of hydrogen-bond acceptors (Lipinski definition) is 3. The number of amides is 1. The van der Waals surface area contributed by atoms with E-state index in [2.05, 4.69) is 41.3 Å². The van der Waals surface area contributed by atoms with E-state index in [1.54, 1.807) is 0 Å². The highest BCUT2D eigenvalue weighted by Crippen LogP contribution is 2.45. The van der Waals surface area contributed by atoms with Crippen molar-refractivity contribution >= 4 is 23.0 Å². The summed E-state index contributed by atoms with van der Waals surface area (Å²) in [6, 6.07) is 14.7. The topological polar surface area (TPSA) is 26.8 Å². The Labute approximate surface area is 136 Å². The maximum Gasteiger partial charge on any atom is 0.241 e. The van der Waals surface area contributed by atoms with Crippen molar-refractivity contribution < 1.29 is 4.79 Å². The Balaban J connectivity index is 1.87. The van der Waals surface area contributed by atoms with Crippen LogP contribution >= 0.6 is 0 Å². The number of likely N-dealkylation sites (N-methyl/N-ethyl adjacent to an activating group) is 1. The van der Waals surface area contributed by atoms with Gasteiger partial charge in [0.15, 0.2) is 0 Å². The number of carbonyl (C=O) groups excluding carboxylic acids is 1. The predicted octanol–water partition coefficient (Wildman–Crippen LogP) is 2.79. The maximum absolute atomic E-state index is 12.8. The first-order chi connectivity index (χ1) is 11.1. The fraction of sp³-hybridized carbons (Fsp3) is 0.316. The lowest BCUT2D eigenvalue weighted by molar-refractivity contribution is -0.119. The Morgan fingerprint density at radius 1 is 1.04 bits per heavy atom. The third-order valence-corrected chi connectivity index (χ3v) is 4.62. The molecule has 0 unspecified atom stereocenters. The third-order valence-electron chi connectivity index (χ3n) is 4.62. The van der Waals surface area contributed by atoms with Crippen LogP contribution in [0.1, 0.15) is 11.1 Å². The molecule has 0 bridgehead atoms. The van der Waals surface area contributed by atoms with Crippen molar-refractivity contribution in [1.29, 1.82) is 0 Å². The van der Waals surface area contributed by atoms with Gasteiger partial charge in [-0.25, -0.2) is 0 Å². The normalized spacial score (nSPS) is 15.4. The predicted molar refractivity (Wildman–Crippen MR) is 93.3 cm³/mol. The van der Waals surface area contributed by atoms with Crippen molar-refractivity contribution in [3.05, 3.63) is 53.6 Å². The van der Waals surface area contributed by atoms with Gasteiger partial charge in [-0.1, -0.05) is 30.3 Å². The summed E-state index contributed by atoms with van der Waals surface area (Å²) in [4.78, 5) is 19.0. The van der Waals surface area contributed by atoms with Crippen LogP contribution in [-0.2, 0) is 17.8 Å². The van der Waals surface area contributed by atoms with Gasteiger partial charge in [0.25, 0.3) is 0 Å². The Hall–Kier alpha value is -2.33. The highest BCUT2D eigenvalue weighted by atomic mass is 16.2. The molecule has 2 aliphatic heterocycles. The van der Waals surface area contributed by atoms with E-state index < -0.39 is 0 Å². The SMILES string of the molecule is CN(C)CC(=O)N1Cc2cccc3c2N(CC3)c2ccccc21. The zero-order valence-corrected chi connectivity index (χ0v) is 13.6. The first kappa shape index (κ1) is 14.3. The molecule has 4 nitrogen and oxygen atoms in total. The minimum atomic E-state index is 0.140. The molecule has 0 aromatic heterocycles. The molecule has 0 saturated carbocycles. The minimum absolute atomic E-state index is 0.140. The number of anilines is 3. The Morgan fingerprint density at radius 3 is 2.57 bits per heavy atom. The van der Waals surface area contributed by atoms with E-state index in [4.69, 9.17) is 0 Å². The first-order valence-corrected chi connectivity index (χ1v) is 8.07. The minimum Gasteiger partial charge on any atom is -0.339 e. The average Bonchev–Trinajstić information content (AvgIpc) is 2.90. The summed E-state index contributed by atoms with van der Waals surface area (Å²) in [5.41, 5.74) is 6.09. The van der Waals surface area contributed by atoms with Crippen LogP contribution in [0.4, 0.5) is 17.1 Å². The molecule has 2 aromatic rings. The van der Waals surface area contributed by atoms with E-state index in [0.717, 1.165) is 24.3 Å². The highest BCUT2D eigenvalue weighted by Gasteiger charge is 2.32. The Kier molecular flexibility index (Phi) is 3.34. The number of fused-ring (bicyclic) bond motifs is 2. The van der Waals surface area contributed by atoms with E-state index >= 15 is 0 Å². The third kappa shape index (κ3) is 2.30. The molecular formula is C19H21N3O. The van der Waals surface area contributed by atoms with E-state index in [0.29, 0.717) is 13.1 Å². The monoisotopic (exact) mass is 307 g/mol. The van der Waals surface area contributed by atoms with Gasteiger partial charge in [0.1, 0.15) is 0 Å². The standard InChI is InChI=1S/C19H21N3O/c1-20(2)13-18(23)22-12-15-7-5-6-14-10-11-21(19(14)15)16-8-3-4-9-17(16)22/h3-9H,10-13H2,1-2H3. The van der Waals surface area contributed by atoms with Gasteiger partial charge in [0.05, 0.1) is 24.5 Å². The van der Waals surface area contributed by atoms with Gasteiger partial charge in [-0.3, -0.25) is 4.79 Å². The second kappa shape index (κ2) is 5.39. The van der Waals surface area contributed by atoms with Crippen LogP contribution in [0.3, 0.4) is 0 Å². The summed E-state index contributed by atoms with van der Waals surface area (Å²) in [6.07, 6.45) is 1.07. The average molecular weight is 307 g/mol. The van der Waals surface area contributed by atoms with Crippen LogP contribution in [0.15, 0.2) is 42.5 Å². The van der Waals surface area contributed by atoms with Crippen molar-refractivity contribution in [3.63, 3.8) is 0 Å². The lowest BCUT2D eigenvalue weighted by Crippen LogP contribution is -2.37. The lowest BCUT2D eigenvalue weighted by atomic mass is 10.1. The van der Waals surface area contributed by atoms with Crippen molar-refractivity contribution in [2.75, 3.05) is 37.0 Å². The summed E-state index contributed by atoms with van der Waals surface area (Å²) in [5, 5.41) is 0. The quantitative estimate of drug-likeness (QED) is 0.853. The molecule has 0 atom stereocenters. The van der Waals surface area contributed by atoms with Crippen LogP contribution in [0.2, 0.25) is 0 Å². The van der Waals surface area contributed by atoms with Gasteiger partial charge < -0.3 is 14.7 Å². The zero-order chi connectivity index (χ0) is 16.0. The second-order valence-electron chi connectivity index (χ2n) is 6.53. The van der Waals surface area contributed by atoms with Crippen molar-refractivity contribution in [3.8, 4) is 0 Å². The highest BCUT2D eigenvalue weighted by molar-refractivity contribution is 6.00. The van der Waals surface area contributed by atoms with E-state index in [-0.39, 0.29) is 5.91 Å². The summed E-state index contributed by atoms with van der Waals surface area (Å²) >= 11 is 0. The molecule has 2 aliphatic rings. The molecule has 0 saturated heterocycles. The summed E-state index contributed by atoms with van der Waals surface area (Å²) in [5.74, 6) is 0.140. The van der Waals surface area contributed by atoms with Crippen LogP contribution in [-0.4, -0.2) is 38.0 Å². The fourth-order valence-electron chi connectivity index (χ4n) is 3.66. The van der Waals surface area contributed by atoms with E-state index in [1.807, 2.05) is 30.0 Å². The van der Waals surface area contributed by atoms with Gasteiger partial charge in [0.2, 0.25) is 5.91 Å². The fourth-order valence-corrected chi connectivity index (χ4v) is 3.66. The summed E-state index contributed by atoms with van der Waals surface area (Å²) in [7, 11) is 3.87. The van der Waals surface area contributed by atoms with E-state index in [9.17, 15) is 4.79 Å². The molecule has 0 N–H and O–H groups in total. The van der Waals surface area contributed by atoms with Crippen LogP contribution in [0, 0.1) is 0 Å². The molecular weight excluding hydrogens is 286 g/mol. The molecule has 0 fully saturated rings. The summed E-state index contributed by atoms with van der Waals surface area (Å²) < 4.78 is 0. The number of rotatable bonds is 2. The molecule has 0 radical (unpaired) electrons. The van der Waals surface area contributed by atoms with Crippen LogP contribution in [0.25, 0.3) is 0 Å². The van der Waals surface area contributed by atoms with Crippen molar-refractivity contribution in [1.82, 2.24) is 4.90 Å². The van der Waals surface area contributed by atoms with Crippen LogP contribution < -0.4 is 9.80 Å². The van der Waals surface area contributed by atoms with E-state index in [1.165, 1.54) is 16.8 Å². The van der Waals surface area contributed by atoms with Crippen LogP contribution in [0.5, 0.6) is 0 Å². The molecule has 1 amide bonds. The largest absolute Gasteiger partial charge is 0.339 e. The molecule has 0 spiro atoms. The maximum atomic E-state index is 12.8. The smallest absolute Gasteiger partial charge is 0.241 e. The van der Waals surface area contributed by atoms with Gasteiger partial charge in [0, 0.05) is 12.2 Å². The zero-order valence-electron chi connectivity index (χ0n) is 13.6. The summed E-state index contributed by atoms with van der Waals surface area (Å²) in [6.45, 7) is 2.05. The first-order valence-electron chi connectivity index (χ1n) is 8.07. The number of para-hydroxylation sites is 3. The van der Waals surface area contributed by atoms with Gasteiger partial charge in [-0.05, 0) is 43.8 Å². The molecule has 118 valence electrons. The number of nitrogens with zero attached hydrogens (tertiary/aromatic N) is 3. The molecule has 2 heterocycles. The molecule has 0 aliphatic carbocycles. The van der Waals surface area contributed by atoms with Gasteiger partial charge in [-0.15, -0.1) is 0 Å². The van der Waals surface area contributed by atoms with Crippen molar-refractivity contribution in [2.45, 2.75) is 13.0 Å². The molecule has 4 heteroatoms. The number of carbonyl (C=O) groups is 1. The Bertz CT molecular complexity index is 769. The number of hydrogen-bond donors (Lipinski definition) is 0. The lowest BCUT2D eigenvalue weighted by Gasteiger charge is -2.26. The Morgan fingerprint density at radius 2 is 1.78 bits per heavy atom.